The van der Waals surface area contributed by atoms with Crippen molar-refractivity contribution in [3.8, 4) is 6.07 Å². The maximum absolute atomic E-state index is 13.1. The largest absolute Gasteiger partial charge is 0.311 e. The Morgan fingerprint density at radius 2 is 2.00 bits per heavy atom. The SMILES string of the molecule is Cc1cc(N2CC[C@@](C#N)(C3CC3)C2=O)cc(NC(=O)Cc2cccc3ccccc23)n1. The van der Waals surface area contributed by atoms with E-state index in [1.165, 1.54) is 0 Å². The Labute approximate surface area is 186 Å². The van der Waals surface area contributed by atoms with Gasteiger partial charge in [0.2, 0.25) is 11.8 Å². The van der Waals surface area contributed by atoms with Gasteiger partial charge in [-0.3, -0.25) is 9.59 Å². The normalized spacial score (nSPS) is 20.4. The smallest absolute Gasteiger partial charge is 0.247 e. The molecule has 1 aromatic heterocycles. The summed E-state index contributed by atoms with van der Waals surface area (Å²) < 4.78 is 0. The number of aryl methyl sites for hydroxylation is 1. The summed E-state index contributed by atoms with van der Waals surface area (Å²) in [4.78, 5) is 32.1. The van der Waals surface area contributed by atoms with Gasteiger partial charge in [0, 0.05) is 24.0 Å². The van der Waals surface area contributed by atoms with E-state index in [-0.39, 0.29) is 24.2 Å². The number of amides is 2. The highest BCUT2D eigenvalue weighted by molar-refractivity contribution is 6.03. The van der Waals surface area contributed by atoms with E-state index >= 15 is 0 Å². The first-order valence-electron chi connectivity index (χ1n) is 11.0. The zero-order chi connectivity index (χ0) is 22.3. The van der Waals surface area contributed by atoms with E-state index in [2.05, 4.69) is 16.4 Å². The summed E-state index contributed by atoms with van der Waals surface area (Å²) in [5, 5.41) is 14.8. The molecule has 1 saturated heterocycles. The van der Waals surface area contributed by atoms with Crippen molar-refractivity contribution >= 4 is 34.1 Å². The fourth-order valence-corrected chi connectivity index (χ4v) is 4.81. The zero-order valence-electron chi connectivity index (χ0n) is 18.0. The van der Waals surface area contributed by atoms with Crippen molar-refractivity contribution in [2.24, 2.45) is 11.3 Å². The quantitative estimate of drug-likeness (QED) is 0.659. The molecule has 1 aliphatic carbocycles. The van der Waals surface area contributed by atoms with Crippen LogP contribution in [0.25, 0.3) is 10.8 Å². The number of nitriles is 1. The minimum absolute atomic E-state index is 0.124. The number of fused-ring (bicyclic) bond motifs is 1. The third-order valence-electron chi connectivity index (χ3n) is 6.58. The summed E-state index contributed by atoms with van der Waals surface area (Å²) in [6.45, 7) is 2.35. The molecule has 1 N–H and O–H groups in total. The maximum atomic E-state index is 13.1. The molecule has 0 spiro atoms. The molecule has 1 saturated carbocycles. The first kappa shape index (κ1) is 20.2. The predicted octanol–water partition coefficient (Wildman–Crippen LogP) is 4.38. The lowest BCUT2D eigenvalue weighted by Crippen LogP contribution is -2.35. The third-order valence-corrected chi connectivity index (χ3v) is 6.58. The number of nitrogens with one attached hydrogen (secondary N) is 1. The highest BCUT2D eigenvalue weighted by Crippen LogP contribution is 2.52. The number of carbonyl (C=O) groups excluding carboxylic acids is 2. The summed E-state index contributed by atoms with van der Waals surface area (Å²) in [5.74, 6) is 0.301. The molecule has 0 bridgehead atoms. The molecule has 160 valence electrons. The van der Waals surface area contributed by atoms with Gasteiger partial charge in [-0.25, -0.2) is 4.98 Å². The topological polar surface area (TPSA) is 86.1 Å². The predicted molar refractivity (Wildman–Crippen MR) is 123 cm³/mol. The van der Waals surface area contributed by atoms with Crippen molar-refractivity contribution in [2.75, 3.05) is 16.8 Å². The number of benzene rings is 2. The van der Waals surface area contributed by atoms with Gasteiger partial charge in [-0.05, 0) is 54.5 Å². The lowest BCUT2D eigenvalue weighted by molar-refractivity contribution is -0.123. The second-order valence-electron chi connectivity index (χ2n) is 8.78. The van der Waals surface area contributed by atoms with Gasteiger partial charge in [0.1, 0.15) is 11.2 Å². The fourth-order valence-electron chi connectivity index (χ4n) is 4.81. The van der Waals surface area contributed by atoms with Crippen LogP contribution in [0.5, 0.6) is 0 Å². The van der Waals surface area contributed by atoms with Crippen LogP contribution in [0.3, 0.4) is 0 Å². The molecular weight excluding hydrogens is 400 g/mol. The van der Waals surface area contributed by atoms with Crippen molar-refractivity contribution in [3.63, 3.8) is 0 Å². The number of nitrogens with zero attached hydrogens (tertiary/aromatic N) is 3. The van der Waals surface area contributed by atoms with Crippen LogP contribution in [0.1, 0.15) is 30.5 Å². The van der Waals surface area contributed by atoms with E-state index in [4.69, 9.17) is 0 Å². The first-order chi connectivity index (χ1) is 15.5. The average Bonchev–Trinajstić information content (AvgIpc) is 3.57. The molecule has 2 aliphatic rings. The van der Waals surface area contributed by atoms with Crippen LogP contribution >= 0.6 is 0 Å². The molecule has 0 radical (unpaired) electrons. The molecule has 6 heteroatoms. The number of pyridine rings is 1. The minimum atomic E-state index is -0.894. The van der Waals surface area contributed by atoms with E-state index in [9.17, 15) is 14.9 Å². The van der Waals surface area contributed by atoms with Crippen molar-refractivity contribution in [3.05, 3.63) is 65.9 Å². The number of aromatic nitrogens is 1. The highest BCUT2D eigenvalue weighted by atomic mass is 16.2. The van der Waals surface area contributed by atoms with Gasteiger partial charge in [0.25, 0.3) is 0 Å². The van der Waals surface area contributed by atoms with Crippen LogP contribution in [-0.4, -0.2) is 23.3 Å². The van der Waals surface area contributed by atoms with Gasteiger partial charge in [-0.2, -0.15) is 5.26 Å². The van der Waals surface area contributed by atoms with Gasteiger partial charge in [-0.15, -0.1) is 0 Å². The molecule has 2 heterocycles. The molecule has 2 aromatic carbocycles. The molecule has 32 heavy (non-hydrogen) atoms. The molecule has 3 aromatic rings. The molecular formula is C26H24N4O2. The number of carbonyl (C=O) groups is 2. The van der Waals surface area contributed by atoms with Gasteiger partial charge in [0.05, 0.1) is 12.5 Å². The van der Waals surface area contributed by atoms with E-state index in [1.807, 2.05) is 55.5 Å². The molecule has 1 atom stereocenters. The Balaban J connectivity index is 1.36. The molecule has 2 amide bonds. The first-order valence-corrected chi connectivity index (χ1v) is 11.0. The minimum Gasteiger partial charge on any atom is -0.311 e. The summed E-state index contributed by atoms with van der Waals surface area (Å²) >= 11 is 0. The van der Waals surface area contributed by atoms with E-state index < -0.39 is 5.41 Å². The van der Waals surface area contributed by atoms with Crippen LogP contribution in [-0.2, 0) is 16.0 Å². The monoisotopic (exact) mass is 424 g/mol. The van der Waals surface area contributed by atoms with Crippen molar-refractivity contribution < 1.29 is 9.59 Å². The highest BCUT2D eigenvalue weighted by Gasteiger charge is 2.56. The standard InChI is InChI=1S/C26H24N4O2/c1-17-13-21(30-12-11-26(16-27,25(30)32)20-9-10-20)15-23(28-17)29-24(31)14-19-7-4-6-18-5-2-3-8-22(18)19/h2-8,13,15,20H,9-12,14H2,1H3,(H,28,29,31)/t26-/m1/s1. The Hall–Kier alpha value is -3.72. The molecule has 1 aliphatic heterocycles. The van der Waals surface area contributed by atoms with Crippen LogP contribution in [0.15, 0.2) is 54.6 Å². The summed E-state index contributed by atoms with van der Waals surface area (Å²) in [7, 11) is 0. The summed E-state index contributed by atoms with van der Waals surface area (Å²) in [6.07, 6.45) is 2.67. The molecule has 5 rings (SSSR count). The molecule has 6 nitrogen and oxygen atoms in total. The number of hydrogen-bond acceptors (Lipinski definition) is 4. The Kier molecular flexibility index (Phi) is 4.90. The van der Waals surface area contributed by atoms with E-state index in [0.29, 0.717) is 30.2 Å². The third kappa shape index (κ3) is 3.50. The van der Waals surface area contributed by atoms with Crippen LogP contribution in [0.4, 0.5) is 11.5 Å². The van der Waals surface area contributed by atoms with Gasteiger partial charge in [0.15, 0.2) is 0 Å². The Morgan fingerprint density at radius 3 is 2.78 bits per heavy atom. The van der Waals surface area contributed by atoms with E-state index in [1.54, 1.807) is 11.0 Å². The average molecular weight is 425 g/mol. The lowest BCUT2D eigenvalue weighted by Gasteiger charge is -2.21. The van der Waals surface area contributed by atoms with Gasteiger partial charge in [-0.1, -0.05) is 42.5 Å². The van der Waals surface area contributed by atoms with Crippen molar-refractivity contribution in [1.29, 1.82) is 5.26 Å². The van der Waals surface area contributed by atoms with Crippen LogP contribution < -0.4 is 10.2 Å². The number of rotatable bonds is 5. The lowest BCUT2D eigenvalue weighted by atomic mass is 9.83. The maximum Gasteiger partial charge on any atom is 0.247 e. The van der Waals surface area contributed by atoms with Crippen LogP contribution in [0.2, 0.25) is 0 Å². The Morgan fingerprint density at radius 1 is 1.22 bits per heavy atom. The summed E-state index contributed by atoms with van der Waals surface area (Å²) in [6, 6.07) is 19.8. The van der Waals surface area contributed by atoms with Crippen LogP contribution in [0, 0.1) is 29.6 Å². The second kappa shape index (κ2) is 7.76. The number of hydrogen-bond donors (Lipinski definition) is 1. The number of anilines is 2. The Bertz CT molecular complexity index is 1270. The molecule has 0 unspecified atom stereocenters. The van der Waals surface area contributed by atoms with Gasteiger partial charge < -0.3 is 10.2 Å². The summed E-state index contributed by atoms with van der Waals surface area (Å²) in [5.41, 5.74) is 1.44. The van der Waals surface area contributed by atoms with E-state index in [0.717, 1.165) is 29.2 Å². The van der Waals surface area contributed by atoms with Gasteiger partial charge >= 0.3 is 0 Å². The van der Waals surface area contributed by atoms with Crippen molar-refractivity contribution in [2.45, 2.75) is 32.6 Å². The fraction of sp³-hybridized carbons (Fsp3) is 0.308. The second-order valence-corrected chi connectivity index (χ2v) is 8.78. The van der Waals surface area contributed by atoms with Crippen molar-refractivity contribution in [1.82, 2.24) is 4.98 Å². The zero-order valence-corrected chi connectivity index (χ0v) is 18.0. The molecule has 2 fully saturated rings.